The molecule has 0 fully saturated rings. The highest BCUT2D eigenvalue weighted by Gasteiger charge is 2.15. The highest BCUT2D eigenvalue weighted by Crippen LogP contribution is 2.20. The number of ether oxygens (including phenoxy) is 1. The lowest BCUT2D eigenvalue weighted by atomic mass is 10.1. The molecule has 0 spiro atoms. The fourth-order valence-electron chi connectivity index (χ4n) is 3.40. The first kappa shape index (κ1) is 23.6. The fourth-order valence-corrected chi connectivity index (χ4v) is 4.41. The lowest BCUT2D eigenvalue weighted by Crippen LogP contribution is -2.27. The minimum absolute atomic E-state index is 0.0569. The first-order chi connectivity index (χ1) is 16.4. The van der Waals surface area contributed by atoms with E-state index in [0.29, 0.717) is 40.1 Å². The Bertz CT molecular complexity index is 1420. The van der Waals surface area contributed by atoms with Gasteiger partial charge in [-0.3, -0.25) is 4.79 Å². The molecule has 8 nitrogen and oxygen atoms in total. The van der Waals surface area contributed by atoms with Gasteiger partial charge in [-0.1, -0.05) is 18.2 Å². The van der Waals surface area contributed by atoms with Gasteiger partial charge in [0, 0.05) is 31.3 Å². The predicted octanol–water partition coefficient (Wildman–Crippen LogP) is 3.47. The normalized spacial score (nSPS) is 11.6. The maximum Gasteiger partial charge on any atom is 0.255 e. The van der Waals surface area contributed by atoms with Crippen LogP contribution in [0.4, 0.5) is 10.1 Å². The van der Waals surface area contributed by atoms with E-state index in [1.807, 2.05) is 0 Å². The molecule has 3 aromatic carbocycles. The molecular formula is C24H23FN4O4S. The second kappa shape index (κ2) is 10.1. The van der Waals surface area contributed by atoms with Crippen molar-refractivity contribution in [1.82, 2.24) is 14.7 Å². The molecule has 1 aromatic heterocycles. The molecule has 10 heteroatoms. The van der Waals surface area contributed by atoms with Crippen LogP contribution in [-0.2, 0) is 21.2 Å². The van der Waals surface area contributed by atoms with Crippen LogP contribution in [0.15, 0.2) is 71.6 Å². The SMILES string of the molecule is COCCNS(=O)(=O)c1ccc(C(=O)Nc2ccc3nc(Cc4ccccc4F)[nH]c3c2)cc1. The smallest absolute Gasteiger partial charge is 0.255 e. The van der Waals surface area contributed by atoms with Crippen LogP contribution in [-0.4, -0.2) is 44.6 Å². The van der Waals surface area contributed by atoms with Crippen molar-refractivity contribution in [3.63, 3.8) is 0 Å². The number of hydrogen-bond acceptors (Lipinski definition) is 5. The summed E-state index contributed by atoms with van der Waals surface area (Å²) >= 11 is 0. The Labute approximate surface area is 196 Å². The van der Waals surface area contributed by atoms with Crippen molar-refractivity contribution in [3.8, 4) is 0 Å². The Morgan fingerprint density at radius 1 is 1.09 bits per heavy atom. The number of halogens is 1. The molecule has 0 atom stereocenters. The number of carbonyl (C=O) groups excluding carboxylic acids is 1. The van der Waals surface area contributed by atoms with Gasteiger partial charge in [-0.2, -0.15) is 0 Å². The third-order valence-electron chi connectivity index (χ3n) is 5.13. The Morgan fingerprint density at radius 3 is 2.59 bits per heavy atom. The van der Waals surface area contributed by atoms with E-state index in [-0.39, 0.29) is 29.8 Å². The highest BCUT2D eigenvalue weighted by atomic mass is 32.2. The number of fused-ring (bicyclic) bond motifs is 1. The number of methoxy groups -OCH3 is 1. The number of sulfonamides is 1. The van der Waals surface area contributed by atoms with E-state index in [1.165, 1.54) is 37.4 Å². The molecule has 0 aliphatic rings. The van der Waals surface area contributed by atoms with Gasteiger partial charge in [-0.15, -0.1) is 0 Å². The lowest BCUT2D eigenvalue weighted by molar-refractivity contribution is 0.102. The van der Waals surface area contributed by atoms with E-state index in [1.54, 1.807) is 36.4 Å². The molecule has 0 saturated heterocycles. The zero-order valence-electron chi connectivity index (χ0n) is 18.3. The van der Waals surface area contributed by atoms with Crippen LogP contribution in [0, 0.1) is 5.82 Å². The number of nitrogens with zero attached hydrogens (tertiary/aromatic N) is 1. The molecule has 176 valence electrons. The number of anilines is 1. The summed E-state index contributed by atoms with van der Waals surface area (Å²) in [5, 5.41) is 2.79. The van der Waals surface area contributed by atoms with Gasteiger partial charge < -0.3 is 15.0 Å². The Morgan fingerprint density at radius 2 is 1.85 bits per heavy atom. The average molecular weight is 483 g/mol. The molecule has 4 rings (SSSR count). The minimum Gasteiger partial charge on any atom is -0.383 e. The molecule has 1 amide bonds. The van der Waals surface area contributed by atoms with Crippen molar-refractivity contribution in [2.24, 2.45) is 0 Å². The zero-order valence-corrected chi connectivity index (χ0v) is 19.2. The highest BCUT2D eigenvalue weighted by molar-refractivity contribution is 7.89. The minimum atomic E-state index is -3.68. The van der Waals surface area contributed by atoms with Crippen molar-refractivity contribution < 1.29 is 22.3 Å². The molecule has 0 radical (unpaired) electrons. The molecule has 4 aromatic rings. The fraction of sp³-hybridized carbons (Fsp3) is 0.167. The molecule has 3 N–H and O–H groups in total. The van der Waals surface area contributed by atoms with Gasteiger partial charge in [0.15, 0.2) is 0 Å². The molecule has 0 aliphatic heterocycles. The van der Waals surface area contributed by atoms with Gasteiger partial charge >= 0.3 is 0 Å². The number of rotatable bonds is 9. The van der Waals surface area contributed by atoms with Gasteiger partial charge in [0.2, 0.25) is 10.0 Å². The number of amides is 1. The van der Waals surface area contributed by atoms with Gasteiger partial charge in [0.1, 0.15) is 11.6 Å². The quantitative estimate of drug-likeness (QED) is 0.316. The third-order valence-corrected chi connectivity index (χ3v) is 6.61. The van der Waals surface area contributed by atoms with Gasteiger partial charge in [0.05, 0.1) is 22.5 Å². The molecule has 0 aliphatic carbocycles. The van der Waals surface area contributed by atoms with E-state index in [2.05, 4.69) is 20.0 Å². The Hall–Kier alpha value is -3.60. The summed E-state index contributed by atoms with van der Waals surface area (Å²) in [6, 6.07) is 17.4. The van der Waals surface area contributed by atoms with Crippen LogP contribution in [0.2, 0.25) is 0 Å². The van der Waals surface area contributed by atoms with Crippen LogP contribution < -0.4 is 10.0 Å². The lowest BCUT2D eigenvalue weighted by Gasteiger charge is -2.08. The number of aromatic nitrogens is 2. The average Bonchev–Trinajstić information content (AvgIpc) is 3.22. The van der Waals surface area contributed by atoms with Crippen molar-refractivity contribution in [2.45, 2.75) is 11.3 Å². The molecule has 34 heavy (non-hydrogen) atoms. The van der Waals surface area contributed by atoms with Gasteiger partial charge in [-0.25, -0.2) is 22.5 Å². The number of carbonyl (C=O) groups is 1. The van der Waals surface area contributed by atoms with Crippen LogP contribution in [0.3, 0.4) is 0 Å². The maximum atomic E-state index is 13.9. The van der Waals surface area contributed by atoms with Crippen LogP contribution >= 0.6 is 0 Å². The third kappa shape index (κ3) is 5.48. The largest absolute Gasteiger partial charge is 0.383 e. The van der Waals surface area contributed by atoms with E-state index in [9.17, 15) is 17.6 Å². The standard InChI is InChI=1S/C24H23FN4O4S/c1-33-13-12-26-34(31,32)19-9-6-16(7-10-19)24(30)27-18-8-11-21-22(15-18)29-23(28-21)14-17-4-2-3-5-20(17)25/h2-11,15,26H,12-14H2,1H3,(H,27,30)(H,28,29). The van der Waals surface area contributed by atoms with Gasteiger partial charge in [-0.05, 0) is 54.1 Å². The predicted molar refractivity (Wildman–Crippen MR) is 127 cm³/mol. The number of benzene rings is 3. The van der Waals surface area contributed by atoms with Crippen molar-refractivity contribution in [1.29, 1.82) is 0 Å². The molecule has 1 heterocycles. The first-order valence-corrected chi connectivity index (χ1v) is 12.0. The summed E-state index contributed by atoms with van der Waals surface area (Å²) < 4.78 is 45.7. The maximum absolute atomic E-state index is 13.9. The summed E-state index contributed by atoms with van der Waals surface area (Å²) in [5.41, 5.74) is 2.78. The van der Waals surface area contributed by atoms with Crippen molar-refractivity contribution >= 4 is 32.7 Å². The molecule has 0 saturated carbocycles. The van der Waals surface area contributed by atoms with E-state index < -0.39 is 10.0 Å². The summed E-state index contributed by atoms with van der Waals surface area (Å²) in [6.07, 6.45) is 0.318. The first-order valence-electron chi connectivity index (χ1n) is 10.5. The monoisotopic (exact) mass is 482 g/mol. The summed E-state index contributed by atoms with van der Waals surface area (Å²) in [7, 11) is -2.19. The summed E-state index contributed by atoms with van der Waals surface area (Å²) in [5.74, 6) is -0.0679. The van der Waals surface area contributed by atoms with E-state index >= 15 is 0 Å². The molecule has 0 bridgehead atoms. The number of aromatic amines is 1. The Kier molecular flexibility index (Phi) is 7.01. The second-order valence-electron chi connectivity index (χ2n) is 7.55. The number of H-pyrrole nitrogens is 1. The second-order valence-corrected chi connectivity index (χ2v) is 9.32. The summed E-state index contributed by atoms with van der Waals surface area (Å²) in [6.45, 7) is 0.407. The Balaban J connectivity index is 1.45. The molecular weight excluding hydrogens is 459 g/mol. The zero-order chi connectivity index (χ0) is 24.1. The van der Waals surface area contributed by atoms with E-state index in [4.69, 9.17) is 4.74 Å². The number of nitrogens with one attached hydrogen (secondary N) is 3. The topological polar surface area (TPSA) is 113 Å². The van der Waals surface area contributed by atoms with Crippen LogP contribution in [0.5, 0.6) is 0 Å². The van der Waals surface area contributed by atoms with Gasteiger partial charge in [0.25, 0.3) is 5.91 Å². The van der Waals surface area contributed by atoms with Crippen molar-refractivity contribution in [2.75, 3.05) is 25.6 Å². The number of imidazole rings is 1. The van der Waals surface area contributed by atoms with E-state index in [0.717, 1.165) is 0 Å². The van der Waals surface area contributed by atoms with Crippen LogP contribution in [0.25, 0.3) is 11.0 Å². The van der Waals surface area contributed by atoms with Crippen molar-refractivity contribution in [3.05, 3.63) is 89.5 Å². The van der Waals surface area contributed by atoms with Crippen LogP contribution in [0.1, 0.15) is 21.7 Å². The number of hydrogen-bond donors (Lipinski definition) is 3. The summed E-state index contributed by atoms with van der Waals surface area (Å²) in [4.78, 5) is 20.3. The molecule has 0 unspecified atom stereocenters.